The summed E-state index contributed by atoms with van der Waals surface area (Å²) >= 11 is 0. The van der Waals surface area contributed by atoms with E-state index in [2.05, 4.69) is 10.6 Å². The highest BCUT2D eigenvalue weighted by Gasteiger charge is 2.36. The lowest BCUT2D eigenvalue weighted by atomic mass is 9.90. The molecule has 0 aromatic heterocycles. The summed E-state index contributed by atoms with van der Waals surface area (Å²) in [6.07, 6.45) is 0.811. The zero-order chi connectivity index (χ0) is 18.6. The molecule has 0 heterocycles. The molecule has 0 saturated carbocycles. The molecule has 0 atom stereocenters. The monoisotopic (exact) mass is 338 g/mol. The van der Waals surface area contributed by atoms with E-state index in [1.807, 2.05) is 63.2 Å². The number of anilines is 2. The van der Waals surface area contributed by atoms with E-state index in [9.17, 15) is 9.59 Å². The van der Waals surface area contributed by atoms with Gasteiger partial charge in [-0.1, -0.05) is 31.2 Å². The summed E-state index contributed by atoms with van der Waals surface area (Å²) in [4.78, 5) is 25.4. The minimum atomic E-state index is -1.20. The molecule has 2 aromatic rings. The smallest absolute Gasteiger partial charge is 0.239 e. The van der Waals surface area contributed by atoms with Crippen molar-refractivity contribution in [3.05, 3.63) is 59.2 Å². The highest BCUT2D eigenvalue weighted by atomic mass is 16.2. The van der Waals surface area contributed by atoms with Crippen LogP contribution in [0.3, 0.4) is 0 Å². The van der Waals surface area contributed by atoms with Crippen LogP contribution in [0.25, 0.3) is 0 Å². The molecular weight excluding hydrogens is 312 g/mol. The van der Waals surface area contributed by atoms with Gasteiger partial charge in [-0.15, -0.1) is 0 Å². The van der Waals surface area contributed by atoms with E-state index in [-0.39, 0.29) is 11.8 Å². The predicted molar refractivity (Wildman–Crippen MR) is 103 cm³/mol. The first kappa shape index (κ1) is 18.7. The Kier molecular flexibility index (Phi) is 5.62. The third-order valence-electron chi connectivity index (χ3n) is 4.26. The lowest BCUT2D eigenvalue weighted by molar-refractivity contribution is -0.135. The van der Waals surface area contributed by atoms with E-state index in [0.29, 0.717) is 5.69 Å². The van der Waals surface area contributed by atoms with Crippen LogP contribution in [-0.4, -0.2) is 11.8 Å². The van der Waals surface area contributed by atoms with Crippen LogP contribution in [0.5, 0.6) is 0 Å². The highest BCUT2D eigenvalue weighted by molar-refractivity contribution is 6.14. The molecule has 2 N–H and O–H groups in total. The van der Waals surface area contributed by atoms with Crippen molar-refractivity contribution in [3.8, 4) is 0 Å². The van der Waals surface area contributed by atoms with Crippen LogP contribution in [0.1, 0.15) is 37.5 Å². The number of aryl methyl sites for hydroxylation is 3. The maximum Gasteiger partial charge on any atom is 0.239 e. The minimum absolute atomic E-state index is 0.324. The number of para-hydroxylation sites is 1. The third-order valence-corrected chi connectivity index (χ3v) is 4.26. The molecule has 0 bridgehead atoms. The normalized spacial score (nSPS) is 11.1. The Morgan fingerprint density at radius 3 is 2.08 bits per heavy atom. The number of nitrogens with one attached hydrogen (secondary N) is 2. The van der Waals surface area contributed by atoms with Crippen LogP contribution < -0.4 is 10.6 Å². The molecule has 4 nitrogen and oxygen atoms in total. The van der Waals surface area contributed by atoms with Crippen LogP contribution in [0.4, 0.5) is 11.4 Å². The van der Waals surface area contributed by atoms with Gasteiger partial charge < -0.3 is 10.6 Å². The SMILES string of the molecule is CCc1ccccc1NC(=O)C(C)(C)C(=O)Nc1cc(C)cc(C)c1. The quantitative estimate of drug-likeness (QED) is 0.790. The summed E-state index contributed by atoms with van der Waals surface area (Å²) in [5.74, 6) is -0.653. The van der Waals surface area contributed by atoms with Gasteiger partial charge in [0.05, 0.1) is 0 Å². The highest BCUT2D eigenvalue weighted by Crippen LogP contribution is 2.24. The van der Waals surface area contributed by atoms with Crippen LogP contribution in [-0.2, 0) is 16.0 Å². The predicted octanol–water partition coefficient (Wildman–Crippen LogP) is 4.47. The number of amides is 2. The van der Waals surface area contributed by atoms with Crippen LogP contribution in [0.2, 0.25) is 0 Å². The lowest BCUT2D eigenvalue weighted by Crippen LogP contribution is -2.41. The van der Waals surface area contributed by atoms with Gasteiger partial charge in [-0.05, 0) is 69.0 Å². The number of benzene rings is 2. The van der Waals surface area contributed by atoms with E-state index < -0.39 is 5.41 Å². The molecule has 2 aromatic carbocycles. The average molecular weight is 338 g/mol. The molecule has 132 valence electrons. The van der Waals surface area contributed by atoms with E-state index in [4.69, 9.17) is 0 Å². The Labute approximate surface area is 149 Å². The van der Waals surface area contributed by atoms with Crippen molar-refractivity contribution in [1.29, 1.82) is 0 Å². The largest absolute Gasteiger partial charge is 0.325 e. The first-order chi connectivity index (χ1) is 11.7. The maximum absolute atomic E-state index is 12.7. The summed E-state index contributed by atoms with van der Waals surface area (Å²) in [7, 11) is 0. The molecule has 0 aliphatic heterocycles. The van der Waals surface area contributed by atoms with Gasteiger partial charge in [0.15, 0.2) is 0 Å². The number of carbonyl (C=O) groups excluding carboxylic acids is 2. The fraction of sp³-hybridized carbons (Fsp3) is 0.333. The summed E-state index contributed by atoms with van der Waals surface area (Å²) in [6, 6.07) is 13.5. The fourth-order valence-corrected chi connectivity index (χ4v) is 2.67. The van der Waals surface area contributed by atoms with Crippen molar-refractivity contribution in [2.75, 3.05) is 10.6 Å². The van der Waals surface area contributed by atoms with Crippen LogP contribution >= 0.6 is 0 Å². The van der Waals surface area contributed by atoms with Crippen LogP contribution in [0.15, 0.2) is 42.5 Å². The number of rotatable bonds is 5. The third kappa shape index (κ3) is 4.47. The maximum atomic E-state index is 12.7. The Hall–Kier alpha value is -2.62. The molecule has 25 heavy (non-hydrogen) atoms. The van der Waals surface area contributed by atoms with Crippen molar-refractivity contribution in [3.63, 3.8) is 0 Å². The molecular formula is C21H26N2O2. The second kappa shape index (κ2) is 7.51. The molecule has 0 spiro atoms. The first-order valence-electron chi connectivity index (χ1n) is 8.53. The summed E-state index contributed by atoms with van der Waals surface area (Å²) < 4.78 is 0. The van der Waals surface area contributed by atoms with Crippen molar-refractivity contribution in [1.82, 2.24) is 0 Å². The first-order valence-corrected chi connectivity index (χ1v) is 8.53. The zero-order valence-electron chi connectivity index (χ0n) is 15.6. The molecule has 0 saturated heterocycles. The number of hydrogen-bond acceptors (Lipinski definition) is 2. The molecule has 0 unspecified atom stereocenters. The Morgan fingerprint density at radius 2 is 1.48 bits per heavy atom. The van der Waals surface area contributed by atoms with E-state index in [1.54, 1.807) is 13.8 Å². The molecule has 0 aliphatic rings. The van der Waals surface area contributed by atoms with E-state index >= 15 is 0 Å². The van der Waals surface area contributed by atoms with Gasteiger partial charge in [0.2, 0.25) is 11.8 Å². The molecule has 4 heteroatoms. The summed E-state index contributed by atoms with van der Waals surface area (Å²) in [5, 5.41) is 5.75. The van der Waals surface area contributed by atoms with Crippen molar-refractivity contribution < 1.29 is 9.59 Å². The van der Waals surface area contributed by atoms with Gasteiger partial charge in [0, 0.05) is 11.4 Å². The molecule has 0 aliphatic carbocycles. The fourth-order valence-electron chi connectivity index (χ4n) is 2.67. The van der Waals surface area contributed by atoms with Gasteiger partial charge in [-0.2, -0.15) is 0 Å². The van der Waals surface area contributed by atoms with Gasteiger partial charge in [0.1, 0.15) is 5.41 Å². The van der Waals surface area contributed by atoms with E-state index in [1.165, 1.54) is 0 Å². The Bertz CT molecular complexity index is 774. The topological polar surface area (TPSA) is 58.2 Å². The number of hydrogen-bond donors (Lipinski definition) is 2. The van der Waals surface area contributed by atoms with Gasteiger partial charge in [-0.25, -0.2) is 0 Å². The number of carbonyl (C=O) groups is 2. The summed E-state index contributed by atoms with van der Waals surface area (Å²) in [6.45, 7) is 9.25. The Morgan fingerprint density at radius 1 is 0.920 bits per heavy atom. The second-order valence-electron chi connectivity index (χ2n) is 6.92. The van der Waals surface area contributed by atoms with Crippen LogP contribution in [0, 0.1) is 19.3 Å². The van der Waals surface area contributed by atoms with E-state index in [0.717, 1.165) is 28.8 Å². The summed E-state index contributed by atoms with van der Waals surface area (Å²) in [5.41, 5.74) is 3.43. The van der Waals surface area contributed by atoms with Gasteiger partial charge >= 0.3 is 0 Å². The Balaban J connectivity index is 2.15. The lowest BCUT2D eigenvalue weighted by Gasteiger charge is -2.23. The van der Waals surface area contributed by atoms with Gasteiger partial charge in [-0.3, -0.25) is 9.59 Å². The molecule has 2 rings (SSSR count). The zero-order valence-corrected chi connectivity index (χ0v) is 15.6. The molecule has 0 fully saturated rings. The molecule has 0 radical (unpaired) electrons. The van der Waals surface area contributed by atoms with Crippen molar-refractivity contribution in [2.45, 2.75) is 41.0 Å². The standard InChI is InChI=1S/C21H26N2O2/c1-6-16-9-7-8-10-18(16)23-20(25)21(4,5)19(24)22-17-12-14(2)11-15(3)13-17/h7-13H,6H2,1-5H3,(H,22,24)(H,23,25). The van der Waals surface area contributed by atoms with Crippen molar-refractivity contribution in [2.24, 2.45) is 5.41 Å². The average Bonchev–Trinajstić information content (AvgIpc) is 2.54. The van der Waals surface area contributed by atoms with Crippen molar-refractivity contribution >= 4 is 23.2 Å². The van der Waals surface area contributed by atoms with Gasteiger partial charge in [0.25, 0.3) is 0 Å². The second-order valence-corrected chi connectivity index (χ2v) is 6.92. The minimum Gasteiger partial charge on any atom is -0.325 e. The molecule has 2 amide bonds.